The summed E-state index contributed by atoms with van der Waals surface area (Å²) in [5.41, 5.74) is 2.24. The van der Waals surface area contributed by atoms with E-state index in [1.807, 2.05) is 36.0 Å². The fraction of sp³-hybridized carbons (Fsp3) is 0.619. The Morgan fingerprint density at radius 1 is 1.19 bits per heavy atom. The van der Waals surface area contributed by atoms with Crippen molar-refractivity contribution in [1.29, 1.82) is 0 Å². The van der Waals surface area contributed by atoms with Crippen LogP contribution in [-0.2, 0) is 9.59 Å². The highest BCUT2D eigenvalue weighted by atomic mass is 16.2. The van der Waals surface area contributed by atoms with E-state index in [-0.39, 0.29) is 17.9 Å². The molecule has 1 aromatic carbocycles. The number of likely N-dealkylation sites (tertiary alicyclic amines) is 1. The first-order chi connectivity index (χ1) is 13.0. The molecule has 3 rings (SSSR count). The average Bonchev–Trinajstić information content (AvgIpc) is 2.86. The molecule has 0 radical (unpaired) electrons. The Hall–Kier alpha value is -1.92. The minimum atomic E-state index is -0.235. The molecule has 2 heterocycles. The Morgan fingerprint density at radius 2 is 1.93 bits per heavy atom. The quantitative estimate of drug-likeness (QED) is 0.868. The molecule has 6 nitrogen and oxygen atoms in total. The number of carbonyl (C=O) groups excluding carboxylic acids is 2. The largest absolute Gasteiger partial charge is 0.355 e. The van der Waals surface area contributed by atoms with Crippen LogP contribution in [0.15, 0.2) is 24.3 Å². The summed E-state index contributed by atoms with van der Waals surface area (Å²) < 4.78 is 0. The van der Waals surface area contributed by atoms with Gasteiger partial charge < -0.3 is 10.2 Å². The van der Waals surface area contributed by atoms with Gasteiger partial charge in [-0.2, -0.15) is 0 Å². The second kappa shape index (κ2) is 8.85. The van der Waals surface area contributed by atoms with E-state index in [0.29, 0.717) is 12.5 Å². The van der Waals surface area contributed by atoms with Crippen molar-refractivity contribution in [2.24, 2.45) is 0 Å². The van der Waals surface area contributed by atoms with Gasteiger partial charge in [0.1, 0.15) is 6.04 Å². The van der Waals surface area contributed by atoms with Gasteiger partial charge in [-0.3, -0.25) is 19.4 Å². The van der Waals surface area contributed by atoms with Gasteiger partial charge in [-0.15, -0.1) is 0 Å². The van der Waals surface area contributed by atoms with Crippen LogP contribution in [-0.4, -0.2) is 79.4 Å². The Morgan fingerprint density at radius 3 is 2.59 bits per heavy atom. The molecule has 2 saturated heterocycles. The van der Waals surface area contributed by atoms with Gasteiger partial charge in [0.25, 0.3) is 0 Å². The number of carbonyl (C=O) groups is 2. The van der Waals surface area contributed by atoms with E-state index < -0.39 is 0 Å². The maximum absolute atomic E-state index is 13.2. The Labute approximate surface area is 162 Å². The second-order valence-electron chi connectivity index (χ2n) is 7.97. The fourth-order valence-electron chi connectivity index (χ4n) is 4.28. The Balaban J connectivity index is 1.62. The van der Waals surface area contributed by atoms with Gasteiger partial charge in [-0.25, -0.2) is 0 Å². The van der Waals surface area contributed by atoms with Crippen LogP contribution in [0.5, 0.6) is 0 Å². The van der Waals surface area contributed by atoms with E-state index in [9.17, 15) is 9.59 Å². The zero-order valence-electron chi connectivity index (χ0n) is 16.8. The van der Waals surface area contributed by atoms with Crippen LogP contribution in [0.4, 0.5) is 0 Å². The highest BCUT2D eigenvalue weighted by Crippen LogP contribution is 2.25. The SMILES string of the molecule is Cc1cccc(C(C(=O)N2CCC(N3CCNC(=O)CC3)CC2)N(C)C)c1. The fourth-order valence-corrected chi connectivity index (χ4v) is 4.28. The minimum absolute atomic E-state index is 0.150. The standard InChI is InChI=1S/C21H32N4O2/c1-16-5-4-6-17(15-16)20(23(2)3)21(27)25-11-7-18(8-12-25)24-13-9-19(26)22-10-14-24/h4-6,15,18,20H,7-14H2,1-3H3,(H,22,26). The van der Waals surface area contributed by atoms with Crippen molar-refractivity contribution in [3.8, 4) is 0 Å². The maximum Gasteiger partial charge on any atom is 0.244 e. The van der Waals surface area contributed by atoms with E-state index in [2.05, 4.69) is 29.3 Å². The third-order valence-electron chi connectivity index (χ3n) is 5.75. The maximum atomic E-state index is 13.2. The zero-order chi connectivity index (χ0) is 19.4. The number of hydrogen-bond donors (Lipinski definition) is 1. The predicted octanol–water partition coefficient (Wildman–Crippen LogP) is 1.41. The number of nitrogens with one attached hydrogen (secondary N) is 1. The molecule has 6 heteroatoms. The van der Waals surface area contributed by atoms with Crippen LogP contribution in [0.25, 0.3) is 0 Å². The predicted molar refractivity (Wildman–Crippen MR) is 106 cm³/mol. The zero-order valence-corrected chi connectivity index (χ0v) is 16.8. The molecule has 1 atom stereocenters. The molecule has 1 unspecified atom stereocenters. The summed E-state index contributed by atoms with van der Waals surface area (Å²) in [4.78, 5) is 31.3. The van der Waals surface area contributed by atoms with E-state index in [1.54, 1.807) is 0 Å². The third kappa shape index (κ3) is 4.87. The molecule has 0 saturated carbocycles. The summed E-state index contributed by atoms with van der Waals surface area (Å²) in [5.74, 6) is 0.342. The van der Waals surface area contributed by atoms with E-state index in [0.717, 1.165) is 51.1 Å². The van der Waals surface area contributed by atoms with Gasteiger partial charge in [0.15, 0.2) is 0 Å². The number of amides is 2. The summed E-state index contributed by atoms with van der Waals surface area (Å²) in [7, 11) is 3.94. The molecule has 2 aliphatic rings. The van der Waals surface area contributed by atoms with E-state index >= 15 is 0 Å². The number of nitrogens with zero attached hydrogens (tertiary/aromatic N) is 3. The highest BCUT2D eigenvalue weighted by Gasteiger charge is 2.32. The van der Waals surface area contributed by atoms with Crippen LogP contribution in [0.1, 0.15) is 36.4 Å². The molecule has 2 aliphatic heterocycles. The van der Waals surface area contributed by atoms with Gasteiger partial charge in [0.2, 0.25) is 11.8 Å². The number of likely N-dealkylation sites (N-methyl/N-ethyl adjacent to an activating group) is 1. The van der Waals surface area contributed by atoms with Crippen LogP contribution in [0, 0.1) is 6.92 Å². The van der Waals surface area contributed by atoms with Crippen LogP contribution in [0.2, 0.25) is 0 Å². The third-order valence-corrected chi connectivity index (χ3v) is 5.75. The van der Waals surface area contributed by atoms with Crippen molar-refractivity contribution >= 4 is 11.8 Å². The first-order valence-electron chi connectivity index (χ1n) is 9.98. The molecule has 148 valence electrons. The minimum Gasteiger partial charge on any atom is -0.355 e. The molecule has 0 aromatic heterocycles. The summed E-state index contributed by atoms with van der Waals surface area (Å²) >= 11 is 0. The summed E-state index contributed by atoms with van der Waals surface area (Å²) in [6, 6.07) is 8.47. The Kier molecular flexibility index (Phi) is 6.50. The topological polar surface area (TPSA) is 55.9 Å². The normalized spacial score (nSPS) is 21.0. The average molecular weight is 373 g/mol. The highest BCUT2D eigenvalue weighted by molar-refractivity contribution is 5.83. The van der Waals surface area contributed by atoms with Crippen LogP contribution >= 0.6 is 0 Å². The van der Waals surface area contributed by atoms with Gasteiger partial charge in [-0.1, -0.05) is 29.8 Å². The molecule has 2 fully saturated rings. The lowest BCUT2D eigenvalue weighted by molar-refractivity contribution is -0.138. The number of hydrogen-bond acceptors (Lipinski definition) is 4. The molecule has 0 spiro atoms. The lowest BCUT2D eigenvalue weighted by Crippen LogP contribution is -2.50. The first-order valence-corrected chi connectivity index (χ1v) is 9.98. The lowest BCUT2D eigenvalue weighted by Gasteiger charge is -2.39. The van der Waals surface area contributed by atoms with Crippen molar-refractivity contribution in [3.05, 3.63) is 35.4 Å². The molecular weight excluding hydrogens is 340 g/mol. The van der Waals surface area contributed by atoms with Gasteiger partial charge >= 0.3 is 0 Å². The molecule has 27 heavy (non-hydrogen) atoms. The number of benzene rings is 1. The van der Waals surface area contributed by atoms with Crippen molar-refractivity contribution in [3.63, 3.8) is 0 Å². The van der Waals surface area contributed by atoms with Gasteiger partial charge in [0.05, 0.1) is 0 Å². The monoisotopic (exact) mass is 372 g/mol. The smallest absolute Gasteiger partial charge is 0.244 e. The summed E-state index contributed by atoms with van der Waals surface area (Å²) in [6.45, 7) is 6.11. The van der Waals surface area contributed by atoms with Gasteiger partial charge in [-0.05, 0) is 39.4 Å². The molecule has 0 bridgehead atoms. The molecule has 2 amide bonds. The number of rotatable bonds is 4. The van der Waals surface area contributed by atoms with Gasteiger partial charge in [0, 0.05) is 45.2 Å². The summed E-state index contributed by atoms with van der Waals surface area (Å²) in [6.07, 6.45) is 2.54. The lowest BCUT2D eigenvalue weighted by atomic mass is 9.98. The van der Waals surface area contributed by atoms with E-state index in [4.69, 9.17) is 0 Å². The molecular formula is C21H32N4O2. The van der Waals surface area contributed by atoms with Crippen molar-refractivity contribution in [2.75, 3.05) is 46.8 Å². The van der Waals surface area contributed by atoms with Crippen LogP contribution < -0.4 is 5.32 Å². The first kappa shape index (κ1) is 19.8. The molecule has 1 aromatic rings. The summed E-state index contributed by atoms with van der Waals surface area (Å²) in [5, 5.41) is 2.94. The van der Waals surface area contributed by atoms with E-state index in [1.165, 1.54) is 5.56 Å². The Bertz CT molecular complexity index is 668. The number of aryl methyl sites for hydroxylation is 1. The van der Waals surface area contributed by atoms with Crippen molar-refractivity contribution in [2.45, 2.75) is 38.3 Å². The van der Waals surface area contributed by atoms with Crippen molar-refractivity contribution in [1.82, 2.24) is 20.0 Å². The van der Waals surface area contributed by atoms with Crippen molar-refractivity contribution < 1.29 is 9.59 Å². The molecule has 1 N–H and O–H groups in total. The van der Waals surface area contributed by atoms with Crippen LogP contribution in [0.3, 0.4) is 0 Å². The number of piperidine rings is 1. The molecule has 0 aliphatic carbocycles. The second-order valence-corrected chi connectivity index (χ2v) is 7.97.